The number of likely N-dealkylation sites (N-methyl/N-ethyl adjacent to an activating group) is 1. The molecule has 1 amide bonds. The fourth-order valence-corrected chi connectivity index (χ4v) is 3.38. The second-order valence-corrected chi connectivity index (χ2v) is 7.98. The van der Waals surface area contributed by atoms with Crippen LogP contribution in [0, 0.1) is 6.92 Å². The lowest BCUT2D eigenvalue weighted by Crippen LogP contribution is -2.44. The molecule has 1 saturated heterocycles. The molecule has 2 rings (SSSR count). The van der Waals surface area contributed by atoms with Gasteiger partial charge in [-0.05, 0) is 39.8 Å². The van der Waals surface area contributed by atoms with E-state index in [0.717, 1.165) is 39.1 Å². The number of benzene rings is 1. The van der Waals surface area contributed by atoms with Crippen molar-refractivity contribution >= 4 is 5.91 Å². The summed E-state index contributed by atoms with van der Waals surface area (Å²) in [6, 6.07) is 8.69. The number of aliphatic hydroxyl groups is 1. The van der Waals surface area contributed by atoms with Gasteiger partial charge in [-0.15, -0.1) is 0 Å². The van der Waals surface area contributed by atoms with Crippen LogP contribution in [-0.2, 0) is 11.3 Å². The molecule has 0 aromatic heterocycles. The Morgan fingerprint density at radius 3 is 2.48 bits per heavy atom. The van der Waals surface area contributed by atoms with Crippen molar-refractivity contribution in [3.8, 4) is 0 Å². The average Bonchev–Trinajstić information content (AvgIpc) is 2.73. The summed E-state index contributed by atoms with van der Waals surface area (Å²) in [6.45, 7) is 11.0. The van der Waals surface area contributed by atoms with Gasteiger partial charge in [0.05, 0.1) is 12.1 Å². The van der Waals surface area contributed by atoms with Crippen LogP contribution >= 0.6 is 0 Å². The van der Waals surface area contributed by atoms with E-state index in [1.165, 1.54) is 11.1 Å². The predicted octanol–water partition coefficient (Wildman–Crippen LogP) is 1.73. The van der Waals surface area contributed by atoms with Crippen molar-refractivity contribution < 1.29 is 9.90 Å². The average molecular weight is 348 g/mol. The molecule has 5 nitrogen and oxygen atoms in total. The molecule has 1 N–H and O–H groups in total. The molecule has 1 aliphatic rings. The third-order valence-corrected chi connectivity index (χ3v) is 4.53. The van der Waals surface area contributed by atoms with Gasteiger partial charge in [0, 0.05) is 39.3 Å². The number of carbonyl (C=O) groups is 1. The highest BCUT2D eigenvalue weighted by Gasteiger charge is 2.22. The fourth-order valence-electron chi connectivity index (χ4n) is 3.38. The van der Waals surface area contributed by atoms with Gasteiger partial charge in [-0.2, -0.15) is 0 Å². The molecule has 0 atom stereocenters. The highest BCUT2D eigenvalue weighted by molar-refractivity contribution is 5.78. The zero-order valence-corrected chi connectivity index (χ0v) is 16.2. The maximum Gasteiger partial charge on any atom is 0.236 e. The van der Waals surface area contributed by atoms with Gasteiger partial charge in [-0.25, -0.2) is 0 Å². The van der Waals surface area contributed by atoms with Crippen LogP contribution in [0.3, 0.4) is 0 Å². The number of nitrogens with zero attached hydrogens (tertiary/aromatic N) is 3. The first-order chi connectivity index (χ1) is 11.7. The van der Waals surface area contributed by atoms with E-state index in [4.69, 9.17) is 0 Å². The Hall–Kier alpha value is -1.43. The topological polar surface area (TPSA) is 47.0 Å². The largest absolute Gasteiger partial charge is 0.389 e. The third-order valence-electron chi connectivity index (χ3n) is 4.53. The first-order valence-electron chi connectivity index (χ1n) is 9.19. The summed E-state index contributed by atoms with van der Waals surface area (Å²) in [5.41, 5.74) is 1.83. The number of hydrogen-bond acceptors (Lipinski definition) is 4. The molecule has 0 radical (unpaired) electrons. The van der Waals surface area contributed by atoms with Gasteiger partial charge in [0.1, 0.15) is 0 Å². The molecule has 1 aliphatic heterocycles. The Kier molecular flexibility index (Phi) is 6.99. The highest BCUT2D eigenvalue weighted by atomic mass is 16.3. The summed E-state index contributed by atoms with van der Waals surface area (Å²) in [5, 5.41) is 9.88. The fraction of sp³-hybridized carbons (Fsp3) is 0.650. The Balaban J connectivity index is 1.81. The number of rotatable bonds is 6. The number of aryl methyl sites for hydroxylation is 1. The second kappa shape index (κ2) is 8.79. The van der Waals surface area contributed by atoms with E-state index in [-0.39, 0.29) is 5.91 Å². The van der Waals surface area contributed by atoms with Gasteiger partial charge in [0.25, 0.3) is 0 Å². The summed E-state index contributed by atoms with van der Waals surface area (Å²) >= 11 is 0. The van der Waals surface area contributed by atoms with Crippen molar-refractivity contribution in [1.82, 2.24) is 14.7 Å². The monoisotopic (exact) mass is 347 g/mol. The molecule has 0 unspecified atom stereocenters. The van der Waals surface area contributed by atoms with Crippen molar-refractivity contribution in [3.63, 3.8) is 0 Å². The van der Waals surface area contributed by atoms with Crippen LogP contribution in [0.4, 0.5) is 0 Å². The summed E-state index contributed by atoms with van der Waals surface area (Å²) in [5.74, 6) is 0.156. The van der Waals surface area contributed by atoms with E-state index in [2.05, 4.69) is 36.1 Å². The first-order valence-corrected chi connectivity index (χ1v) is 9.19. The lowest BCUT2D eigenvalue weighted by atomic mass is 10.1. The maximum atomic E-state index is 12.5. The minimum absolute atomic E-state index is 0.156. The lowest BCUT2D eigenvalue weighted by molar-refractivity contribution is -0.132. The molecule has 140 valence electrons. The zero-order chi connectivity index (χ0) is 18.4. The standard InChI is InChI=1S/C20H33N3O2/c1-17-6-8-18(9-7-17)14-22-10-5-11-23(13-12-22)19(24)15-21(4)16-20(2,3)25/h6-9,25H,5,10-16H2,1-4H3. The van der Waals surface area contributed by atoms with Crippen molar-refractivity contribution in [2.24, 2.45) is 0 Å². The van der Waals surface area contributed by atoms with E-state index in [1.807, 2.05) is 16.8 Å². The van der Waals surface area contributed by atoms with Crippen molar-refractivity contribution in [2.45, 2.75) is 39.3 Å². The summed E-state index contributed by atoms with van der Waals surface area (Å²) in [7, 11) is 1.89. The molecule has 0 saturated carbocycles. The smallest absolute Gasteiger partial charge is 0.236 e. The molecule has 1 aromatic rings. The Labute approximate surface area is 152 Å². The maximum absolute atomic E-state index is 12.5. The molecular formula is C20H33N3O2. The highest BCUT2D eigenvalue weighted by Crippen LogP contribution is 2.11. The van der Waals surface area contributed by atoms with Crippen LogP contribution in [0.15, 0.2) is 24.3 Å². The van der Waals surface area contributed by atoms with Crippen LogP contribution < -0.4 is 0 Å². The third kappa shape index (κ3) is 7.14. The Bertz CT molecular complexity index is 551. The van der Waals surface area contributed by atoms with Crippen LogP contribution in [0.5, 0.6) is 0 Å². The van der Waals surface area contributed by atoms with Crippen molar-refractivity contribution in [1.29, 1.82) is 0 Å². The SMILES string of the molecule is Cc1ccc(CN2CCCN(C(=O)CN(C)CC(C)(C)O)CC2)cc1. The second-order valence-electron chi connectivity index (χ2n) is 7.98. The molecule has 5 heteroatoms. The minimum Gasteiger partial charge on any atom is -0.389 e. The summed E-state index contributed by atoms with van der Waals surface area (Å²) in [6.07, 6.45) is 1.01. The zero-order valence-electron chi connectivity index (χ0n) is 16.2. The van der Waals surface area contributed by atoms with Gasteiger partial charge in [-0.3, -0.25) is 14.6 Å². The van der Waals surface area contributed by atoms with E-state index in [0.29, 0.717) is 13.1 Å². The van der Waals surface area contributed by atoms with Crippen molar-refractivity contribution in [2.75, 3.05) is 46.3 Å². The summed E-state index contributed by atoms with van der Waals surface area (Å²) in [4.78, 5) is 18.8. The molecular weight excluding hydrogens is 314 g/mol. The minimum atomic E-state index is -0.779. The van der Waals surface area contributed by atoms with Crippen LogP contribution in [0.1, 0.15) is 31.4 Å². The van der Waals surface area contributed by atoms with Gasteiger partial charge < -0.3 is 10.0 Å². The number of hydrogen-bond donors (Lipinski definition) is 1. The molecule has 1 fully saturated rings. The van der Waals surface area contributed by atoms with Gasteiger partial charge in [0.15, 0.2) is 0 Å². The molecule has 0 spiro atoms. The molecule has 0 aliphatic carbocycles. The quantitative estimate of drug-likeness (QED) is 0.851. The molecule has 1 heterocycles. The number of carbonyl (C=O) groups excluding carboxylic acids is 1. The van der Waals surface area contributed by atoms with Gasteiger partial charge in [-0.1, -0.05) is 29.8 Å². The lowest BCUT2D eigenvalue weighted by Gasteiger charge is -2.28. The van der Waals surface area contributed by atoms with E-state index in [1.54, 1.807) is 13.8 Å². The first kappa shape index (κ1) is 19.9. The van der Waals surface area contributed by atoms with Gasteiger partial charge >= 0.3 is 0 Å². The molecule has 1 aromatic carbocycles. The predicted molar refractivity (Wildman–Crippen MR) is 101 cm³/mol. The van der Waals surface area contributed by atoms with Crippen LogP contribution in [0.25, 0.3) is 0 Å². The summed E-state index contributed by atoms with van der Waals surface area (Å²) < 4.78 is 0. The normalized spacial score (nSPS) is 17.0. The van der Waals surface area contributed by atoms with Crippen LogP contribution in [0.2, 0.25) is 0 Å². The molecule has 25 heavy (non-hydrogen) atoms. The van der Waals surface area contributed by atoms with Crippen LogP contribution in [-0.4, -0.2) is 77.6 Å². The van der Waals surface area contributed by atoms with E-state index < -0.39 is 5.60 Å². The Morgan fingerprint density at radius 2 is 1.84 bits per heavy atom. The van der Waals surface area contributed by atoms with Crippen molar-refractivity contribution in [3.05, 3.63) is 35.4 Å². The number of amides is 1. The van der Waals surface area contributed by atoms with E-state index in [9.17, 15) is 9.90 Å². The Morgan fingerprint density at radius 1 is 1.16 bits per heavy atom. The van der Waals surface area contributed by atoms with E-state index >= 15 is 0 Å². The van der Waals surface area contributed by atoms with Gasteiger partial charge in [0.2, 0.25) is 5.91 Å². The molecule has 0 bridgehead atoms.